The van der Waals surface area contributed by atoms with Gasteiger partial charge in [-0.3, -0.25) is 9.69 Å². The van der Waals surface area contributed by atoms with Gasteiger partial charge in [0.1, 0.15) is 0 Å². The number of carbonyl (C=O) groups is 1. The highest BCUT2D eigenvalue weighted by Crippen LogP contribution is 2.04. The van der Waals surface area contributed by atoms with Crippen molar-refractivity contribution in [3.05, 3.63) is 0 Å². The van der Waals surface area contributed by atoms with Crippen molar-refractivity contribution in [2.45, 2.75) is 32.8 Å². The Balaban J connectivity index is 3.82. The number of hydrogen-bond acceptors (Lipinski definition) is 4. The normalized spacial score (nSPS) is 11.9. The molecule has 0 radical (unpaired) electrons. The lowest BCUT2D eigenvalue weighted by molar-refractivity contribution is -0.122. The zero-order valence-corrected chi connectivity index (χ0v) is 11.5. The van der Waals surface area contributed by atoms with E-state index in [0.717, 1.165) is 13.0 Å². The molecule has 0 rings (SSSR count). The third-order valence-electron chi connectivity index (χ3n) is 2.27. The summed E-state index contributed by atoms with van der Waals surface area (Å²) in [6, 6.07) is 0. The van der Waals surface area contributed by atoms with Crippen LogP contribution in [0.25, 0.3) is 0 Å². The van der Waals surface area contributed by atoms with Gasteiger partial charge < -0.3 is 15.2 Å². The van der Waals surface area contributed by atoms with Crippen molar-refractivity contribution in [3.63, 3.8) is 0 Å². The van der Waals surface area contributed by atoms with Gasteiger partial charge in [0.05, 0.1) is 12.1 Å². The van der Waals surface area contributed by atoms with E-state index in [9.17, 15) is 9.90 Å². The molecule has 1 amide bonds. The first-order chi connectivity index (χ1) is 7.89. The Morgan fingerprint density at radius 1 is 1.47 bits per heavy atom. The molecule has 5 heteroatoms. The number of ether oxygens (including phenoxy) is 1. The van der Waals surface area contributed by atoms with Crippen LogP contribution in [0.5, 0.6) is 0 Å². The number of hydrogen-bond donors (Lipinski definition) is 2. The topological polar surface area (TPSA) is 61.8 Å². The van der Waals surface area contributed by atoms with Crippen LogP contribution in [0, 0.1) is 0 Å². The van der Waals surface area contributed by atoms with Crippen molar-refractivity contribution >= 4 is 5.91 Å². The number of aliphatic hydroxyl groups is 1. The highest BCUT2D eigenvalue weighted by atomic mass is 16.5. The fourth-order valence-electron chi connectivity index (χ4n) is 1.53. The molecular formula is C12H26N2O3. The van der Waals surface area contributed by atoms with Crippen molar-refractivity contribution in [3.8, 4) is 0 Å². The molecule has 0 heterocycles. The van der Waals surface area contributed by atoms with Crippen LogP contribution in [0.2, 0.25) is 0 Å². The minimum atomic E-state index is -0.771. The summed E-state index contributed by atoms with van der Waals surface area (Å²) in [7, 11) is 1.64. The summed E-state index contributed by atoms with van der Waals surface area (Å²) in [6.45, 7) is 8.31. The third-order valence-corrected chi connectivity index (χ3v) is 2.27. The van der Waals surface area contributed by atoms with Gasteiger partial charge in [-0.1, -0.05) is 6.92 Å². The molecule has 0 saturated carbocycles. The van der Waals surface area contributed by atoms with Gasteiger partial charge >= 0.3 is 0 Å². The van der Waals surface area contributed by atoms with Gasteiger partial charge in [0, 0.05) is 26.8 Å². The second kappa shape index (κ2) is 8.44. The van der Waals surface area contributed by atoms with Crippen LogP contribution < -0.4 is 5.32 Å². The quantitative estimate of drug-likeness (QED) is 0.572. The molecule has 0 aromatic heterocycles. The molecule has 0 bridgehead atoms. The first kappa shape index (κ1) is 16.4. The monoisotopic (exact) mass is 246 g/mol. The zero-order valence-electron chi connectivity index (χ0n) is 11.5. The van der Waals surface area contributed by atoms with Gasteiger partial charge in [0.25, 0.3) is 0 Å². The minimum Gasteiger partial charge on any atom is -0.389 e. The molecule has 5 nitrogen and oxygen atoms in total. The molecule has 102 valence electrons. The summed E-state index contributed by atoms with van der Waals surface area (Å²) < 4.78 is 4.90. The van der Waals surface area contributed by atoms with Crippen LogP contribution in [0.15, 0.2) is 0 Å². The molecular weight excluding hydrogens is 220 g/mol. The number of methoxy groups -OCH3 is 1. The predicted octanol–water partition coefficient (Wildman–Crippen LogP) is 0.232. The van der Waals surface area contributed by atoms with Crippen molar-refractivity contribution < 1.29 is 14.6 Å². The van der Waals surface area contributed by atoms with Crippen LogP contribution in [-0.2, 0) is 9.53 Å². The first-order valence-electron chi connectivity index (χ1n) is 6.09. The van der Waals surface area contributed by atoms with Gasteiger partial charge in [-0.25, -0.2) is 0 Å². The first-order valence-corrected chi connectivity index (χ1v) is 6.09. The Hall–Kier alpha value is -0.650. The van der Waals surface area contributed by atoms with Crippen LogP contribution in [-0.4, -0.2) is 61.4 Å². The van der Waals surface area contributed by atoms with Crippen molar-refractivity contribution in [1.82, 2.24) is 10.2 Å². The Bertz CT molecular complexity index is 214. The predicted molar refractivity (Wildman–Crippen MR) is 67.9 cm³/mol. The van der Waals surface area contributed by atoms with E-state index in [1.165, 1.54) is 0 Å². The Kier molecular flexibility index (Phi) is 8.12. The fraction of sp³-hybridized carbons (Fsp3) is 0.917. The van der Waals surface area contributed by atoms with Gasteiger partial charge in [-0.2, -0.15) is 0 Å². The minimum absolute atomic E-state index is 0.00722. The van der Waals surface area contributed by atoms with E-state index < -0.39 is 5.60 Å². The highest BCUT2D eigenvalue weighted by Gasteiger charge is 2.18. The van der Waals surface area contributed by atoms with Gasteiger partial charge in [0.15, 0.2) is 0 Å². The van der Waals surface area contributed by atoms with Crippen LogP contribution in [0.3, 0.4) is 0 Å². The number of rotatable bonds is 9. The molecule has 0 fully saturated rings. The second-order valence-corrected chi connectivity index (χ2v) is 4.81. The number of nitrogens with one attached hydrogen (secondary N) is 1. The summed E-state index contributed by atoms with van der Waals surface area (Å²) in [4.78, 5) is 13.5. The molecule has 0 unspecified atom stereocenters. The molecule has 0 atom stereocenters. The van der Waals surface area contributed by atoms with Gasteiger partial charge in [0.2, 0.25) is 5.91 Å². The van der Waals surface area contributed by atoms with Crippen LogP contribution >= 0.6 is 0 Å². The molecule has 2 N–H and O–H groups in total. The van der Waals surface area contributed by atoms with Crippen LogP contribution in [0.1, 0.15) is 27.2 Å². The largest absolute Gasteiger partial charge is 0.389 e. The van der Waals surface area contributed by atoms with E-state index >= 15 is 0 Å². The second-order valence-electron chi connectivity index (χ2n) is 4.81. The summed E-state index contributed by atoms with van der Waals surface area (Å²) in [5.41, 5.74) is -0.771. The maximum absolute atomic E-state index is 11.6. The summed E-state index contributed by atoms with van der Waals surface area (Å²) in [5, 5.41) is 12.5. The van der Waals surface area contributed by atoms with E-state index in [2.05, 4.69) is 5.32 Å². The highest BCUT2D eigenvalue weighted by molar-refractivity contribution is 5.77. The Morgan fingerprint density at radius 2 is 2.12 bits per heavy atom. The number of amides is 1. The molecule has 0 aromatic rings. The van der Waals surface area contributed by atoms with E-state index in [0.29, 0.717) is 26.2 Å². The molecule has 0 saturated heterocycles. The Labute approximate surface area is 104 Å². The summed E-state index contributed by atoms with van der Waals surface area (Å²) >= 11 is 0. The smallest absolute Gasteiger partial charge is 0.234 e. The lowest BCUT2D eigenvalue weighted by Crippen LogP contribution is -2.44. The number of likely N-dealkylation sites (N-methyl/N-ethyl adjacent to an activating group) is 1. The molecule has 0 aliphatic carbocycles. The maximum atomic E-state index is 11.6. The van der Waals surface area contributed by atoms with E-state index in [4.69, 9.17) is 4.74 Å². The lowest BCUT2D eigenvalue weighted by atomic mass is 10.1. The van der Waals surface area contributed by atoms with Crippen molar-refractivity contribution in [2.24, 2.45) is 0 Å². The molecule has 0 aromatic carbocycles. The average Bonchev–Trinajstić information content (AvgIpc) is 2.21. The number of carbonyl (C=O) groups excluding carboxylic acids is 1. The summed E-state index contributed by atoms with van der Waals surface area (Å²) in [5.74, 6) is -0.00722. The molecule has 17 heavy (non-hydrogen) atoms. The Morgan fingerprint density at radius 3 is 2.59 bits per heavy atom. The van der Waals surface area contributed by atoms with Gasteiger partial charge in [-0.15, -0.1) is 0 Å². The molecule has 0 spiro atoms. The van der Waals surface area contributed by atoms with Crippen LogP contribution in [0.4, 0.5) is 0 Å². The molecule has 0 aliphatic rings. The maximum Gasteiger partial charge on any atom is 0.234 e. The zero-order chi connectivity index (χ0) is 13.3. The van der Waals surface area contributed by atoms with Crippen molar-refractivity contribution in [2.75, 3.05) is 39.9 Å². The fourth-order valence-corrected chi connectivity index (χ4v) is 1.53. The average molecular weight is 246 g/mol. The summed E-state index contributed by atoms with van der Waals surface area (Å²) in [6.07, 6.45) is 0.819. The van der Waals surface area contributed by atoms with Crippen molar-refractivity contribution in [1.29, 1.82) is 0 Å². The number of nitrogens with zero attached hydrogens (tertiary/aromatic N) is 1. The van der Waals surface area contributed by atoms with Gasteiger partial charge in [-0.05, 0) is 26.8 Å². The molecule has 0 aliphatic heterocycles. The third kappa shape index (κ3) is 10.2. The van der Waals surface area contributed by atoms with E-state index in [1.54, 1.807) is 21.0 Å². The van der Waals surface area contributed by atoms with E-state index in [1.807, 2.05) is 11.8 Å². The van der Waals surface area contributed by atoms with E-state index in [-0.39, 0.29) is 5.91 Å². The standard InChI is InChI=1S/C12H26N2O3/c1-5-14(10-12(2,3)16)9-11(15)13-7-6-8-17-4/h16H,5-10H2,1-4H3,(H,13,15). The SMILES string of the molecule is CCN(CC(=O)NCCCOC)CC(C)(C)O. The lowest BCUT2D eigenvalue weighted by Gasteiger charge is -2.27.